The molecule has 9 heteroatoms. The fourth-order valence-electron chi connectivity index (χ4n) is 3.77. The Morgan fingerprint density at radius 2 is 1.73 bits per heavy atom. The van der Waals surface area contributed by atoms with Crippen LogP contribution >= 0.6 is 11.6 Å². The van der Waals surface area contributed by atoms with E-state index in [4.69, 9.17) is 25.8 Å². The number of hydrogen-bond donors (Lipinski definition) is 1. The average molecular weight is 571 g/mol. The highest BCUT2D eigenvalue weighted by Gasteiger charge is 2.28. The summed E-state index contributed by atoms with van der Waals surface area (Å²) in [5.41, 5.74) is 1.61. The summed E-state index contributed by atoms with van der Waals surface area (Å²) in [6.45, 7) is 13.6. The number of methoxy groups -OCH3 is 1. The predicted octanol–water partition coefficient (Wildman–Crippen LogP) is 6.01. The molecule has 0 aliphatic rings. The van der Waals surface area contributed by atoms with Crippen LogP contribution in [0, 0.1) is 0 Å². The third-order valence-corrected chi connectivity index (χ3v) is 5.93. The van der Waals surface area contributed by atoms with Crippen molar-refractivity contribution in [2.24, 2.45) is 0 Å². The molecule has 216 valence electrons. The monoisotopic (exact) mass is 570 g/mol. The Labute approximate surface area is 241 Å². The largest absolute Gasteiger partial charge is 0.489 e. The lowest BCUT2D eigenvalue weighted by molar-refractivity contribution is -0.139. The van der Waals surface area contributed by atoms with E-state index in [2.05, 4.69) is 18.5 Å². The molecule has 0 bridgehead atoms. The SMILES string of the molecule is C=CCCN(Cc1cc(CC(=O)OC)ccc1OCc1ccc(Cl)cc1)C(=O)[C@H](CC=C)NC(=O)OC(C)(C)C. The van der Waals surface area contributed by atoms with Gasteiger partial charge in [0, 0.05) is 23.7 Å². The van der Waals surface area contributed by atoms with Crippen molar-refractivity contribution in [1.29, 1.82) is 0 Å². The number of nitrogens with one attached hydrogen (secondary N) is 1. The van der Waals surface area contributed by atoms with Crippen LogP contribution in [0.5, 0.6) is 5.75 Å². The molecule has 1 atom stereocenters. The van der Waals surface area contributed by atoms with Gasteiger partial charge in [0.15, 0.2) is 0 Å². The van der Waals surface area contributed by atoms with Crippen LogP contribution in [0.25, 0.3) is 0 Å². The molecular formula is C31H39ClN2O6. The average Bonchev–Trinajstić information content (AvgIpc) is 2.89. The summed E-state index contributed by atoms with van der Waals surface area (Å²) in [6, 6.07) is 11.8. The van der Waals surface area contributed by atoms with Gasteiger partial charge in [-0.2, -0.15) is 0 Å². The zero-order valence-electron chi connectivity index (χ0n) is 23.7. The van der Waals surface area contributed by atoms with Gasteiger partial charge in [-0.25, -0.2) is 4.79 Å². The van der Waals surface area contributed by atoms with Crippen LogP contribution in [0.1, 0.15) is 50.3 Å². The van der Waals surface area contributed by atoms with Crippen LogP contribution in [-0.4, -0.2) is 48.2 Å². The summed E-state index contributed by atoms with van der Waals surface area (Å²) in [6.07, 6.45) is 3.41. The van der Waals surface area contributed by atoms with Gasteiger partial charge in [0.2, 0.25) is 5.91 Å². The third kappa shape index (κ3) is 11.1. The Bertz CT molecular complexity index is 1170. The maximum absolute atomic E-state index is 13.7. The zero-order valence-corrected chi connectivity index (χ0v) is 24.5. The van der Waals surface area contributed by atoms with Gasteiger partial charge in [0.05, 0.1) is 13.5 Å². The van der Waals surface area contributed by atoms with Crippen LogP contribution in [0.4, 0.5) is 4.79 Å². The summed E-state index contributed by atoms with van der Waals surface area (Å²) in [5.74, 6) is -0.136. The minimum absolute atomic E-state index is 0.0703. The van der Waals surface area contributed by atoms with Gasteiger partial charge in [-0.3, -0.25) is 9.59 Å². The Hall–Kier alpha value is -3.78. The van der Waals surface area contributed by atoms with Crippen molar-refractivity contribution in [3.8, 4) is 5.75 Å². The predicted molar refractivity (Wildman–Crippen MR) is 156 cm³/mol. The molecule has 2 amide bonds. The molecule has 0 aliphatic heterocycles. The second-order valence-electron chi connectivity index (χ2n) is 10.2. The fourth-order valence-corrected chi connectivity index (χ4v) is 3.89. The van der Waals surface area contributed by atoms with Gasteiger partial charge < -0.3 is 24.4 Å². The Balaban J connectivity index is 2.37. The summed E-state index contributed by atoms with van der Waals surface area (Å²) in [7, 11) is 1.33. The van der Waals surface area contributed by atoms with E-state index in [1.165, 1.54) is 7.11 Å². The molecule has 0 heterocycles. The van der Waals surface area contributed by atoms with E-state index in [0.29, 0.717) is 34.9 Å². The number of alkyl carbamates (subject to hydrolysis) is 1. The van der Waals surface area contributed by atoms with Gasteiger partial charge >= 0.3 is 12.1 Å². The molecule has 0 unspecified atom stereocenters. The number of ether oxygens (including phenoxy) is 3. The van der Waals surface area contributed by atoms with Crippen molar-refractivity contribution in [2.75, 3.05) is 13.7 Å². The molecule has 8 nitrogen and oxygen atoms in total. The van der Waals surface area contributed by atoms with Gasteiger partial charge in [0.1, 0.15) is 24.0 Å². The lowest BCUT2D eigenvalue weighted by atomic mass is 10.1. The van der Waals surface area contributed by atoms with Crippen LogP contribution < -0.4 is 10.1 Å². The lowest BCUT2D eigenvalue weighted by Gasteiger charge is -2.29. The summed E-state index contributed by atoms with van der Waals surface area (Å²) >= 11 is 6.00. The highest BCUT2D eigenvalue weighted by molar-refractivity contribution is 6.30. The molecule has 2 aromatic carbocycles. The molecule has 0 saturated heterocycles. The molecule has 2 aromatic rings. The van der Waals surface area contributed by atoms with Crippen LogP contribution in [0.3, 0.4) is 0 Å². The maximum atomic E-state index is 13.7. The second kappa shape index (κ2) is 15.7. The number of halogens is 1. The molecule has 0 saturated carbocycles. The smallest absolute Gasteiger partial charge is 0.408 e. The Morgan fingerprint density at radius 3 is 2.33 bits per heavy atom. The number of nitrogens with zero attached hydrogens (tertiary/aromatic N) is 1. The van der Waals surface area contributed by atoms with E-state index in [1.807, 2.05) is 18.2 Å². The van der Waals surface area contributed by atoms with E-state index >= 15 is 0 Å². The van der Waals surface area contributed by atoms with Crippen molar-refractivity contribution >= 4 is 29.6 Å². The first kappa shape index (κ1) is 32.4. The quantitative estimate of drug-likeness (QED) is 0.221. The molecule has 2 rings (SSSR count). The summed E-state index contributed by atoms with van der Waals surface area (Å²) in [5, 5.41) is 3.30. The van der Waals surface area contributed by atoms with E-state index in [9.17, 15) is 14.4 Å². The van der Waals surface area contributed by atoms with Crippen LogP contribution in [-0.2, 0) is 38.6 Å². The van der Waals surface area contributed by atoms with Crippen molar-refractivity contribution in [1.82, 2.24) is 10.2 Å². The summed E-state index contributed by atoms with van der Waals surface area (Å²) < 4.78 is 16.3. The second-order valence-corrected chi connectivity index (χ2v) is 10.6. The van der Waals surface area contributed by atoms with E-state index in [1.54, 1.807) is 62.1 Å². The molecular weight excluding hydrogens is 532 g/mol. The Kier molecular flexibility index (Phi) is 12.7. The number of esters is 1. The topological polar surface area (TPSA) is 94.2 Å². The number of hydrogen-bond acceptors (Lipinski definition) is 6. The minimum atomic E-state index is -0.881. The highest BCUT2D eigenvalue weighted by Crippen LogP contribution is 2.25. The van der Waals surface area contributed by atoms with Gasteiger partial charge in [-0.15, -0.1) is 13.2 Å². The van der Waals surface area contributed by atoms with Crippen molar-refractivity contribution in [2.45, 2.75) is 64.8 Å². The minimum Gasteiger partial charge on any atom is -0.489 e. The maximum Gasteiger partial charge on any atom is 0.408 e. The van der Waals surface area contributed by atoms with Crippen molar-refractivity contribution < 1.29 is 28.6 Å². The standard InChI is InChI=1S/C31H39ClN2O6/c1-7-9-17-34(29(36)26(10-8-2)33-30(37)40-31(3,4)5)20-24-18-23(19-28(35)38-6)13-16-27(24)39-21-22-11-14-25(32)15-12-22/h7-8,11-16,18,26H,1-2,9-10,17,19-21H2,3-6H3,(H,33,37)/t26-/m0/s1. The fraction of sp³-hybridized carbons (Fsp3) is 0.387. The van der Waals surface area contributed by atoms with Crippen molar-refractivity contribution in [3.63, 3.8) is 0 Å². The highest BCUT2D eigenvalue weighted by atomic mass is 35.5. The van der Waals surface area contributed by atoms with E-state index in [0.717, 1.165) is 5.56 Å². The van der Waals surface area contributed by atoms with E-state index in [-0.39, 0.29) is 37.9 Å². The normalized spacial score (nSPS) is 11.6. The number of carbonyl (C=O) groups excluding carboxylic acids is 3. The van der Waals surface area contributed by atoms with Crippen LogP contribution in [0.15, 0.2) is 67.8 Å². The lowest BCUT2D eigenvalue weighted by Crippen LogP contribution is -2.49. The van der Waals surface area contributed by atoms with Gasteiger partial charge in [-0.05, 0) is 69.0 Å². The Morgan fingerprint density at radius 1 is 1.05 bits per heavy atom. The molecule has 0 spiro atoms. The van der Waals surface area contributed by atoms with Gasteiger partial charge in [-0.1, -0.05) is 42.0 Å². The van der Waals surface area contributed by atoms with E-state index < -0.39 is 17.7 Å². The first-order chi connectivity index (χ1) is 18.9. The first-order valence-corrected chi connectivity index (χ1v) is 13.4. The van der Waals surface area contributed by atoms with Crippen LogP contribution in [0.2, 0.25) is 5.02 Å². The number of amides is 2. The number of rotatable bonds is 14. The third-order valence-electron chi connectivity index (χ3n) is 5.68. The number of carbonyl (C=O) groups is 3. The van der Waals surface area contributed by atoms with Gasteiger partial charge in [0.25, 0.3) is 0 Å². The molecule has 1 N–H and O–H groups in total. The summed E-state index contributed by atoms with van der Waals surface area (Å²) in [4.78, 5) is 39.8. The number of benzene rings is 2. The van der Waals surface area contributed by atoms with Crippen molar-refractivity contribution in [3.05, 3.63) is 89.5 Å². The molecule has 0 aliphatic carbocycles. The zero-order chi connectivity index (χ0) is 29.7. The first-order valence-electron chi connectivity index (χ1n) is 13.0. The molecule has 0 aromatic heterocycles. The molecule has 0 fully saturated rings. The molecule has 40 heavy (non-hydrogen) atoms. The molecule has 0 radical (unpaired) electrons.